The Hall–Kier alpha value is -1.41. The molecule has 0 unspecified atom stereocenters. The van der Waals surface area contributed by atoms with Gasteiger partial charge in [-0.05, 0) is 25.7 Å². The van der Waals surface area contributed by atoms with Gasteiger partial charge < -0.3 is 4.90 Å². The van der Waals surface area contributed by atoms with Crippen molar-refractivity contribution in [3.05, 3.63) is 17.0 Å². The summed E-state index contributed by atoms with van der Waals surface area (Å²) in [5, 5.41) is 7.55. The molecule has 8 heteroatoms. The summed E-state index contributed by atoms with van der Waals surface area (Å²) in [4.78, 5) is 14.7. The van der Waals surface area contributed by atoms with Gasteiger partial charge in [0.1, 0.15) is 6.04 Å². The Morgan fingerprint density at radius 2 is 2.04 bits per heavy atom. The third kappa shape index (κ3) is 2.67. The number of aromatic amines is 1. The third-order valence-corrected chi connectivity index (χ3v) is 6.44. The number of sulfonamides is 1. The second kappa shape index (κ2) is 5.31. The van der Waals surface area contributed by atoms with E-state index in [-0.39, 0.29) is 5.91 Å². The Balaban J connectivity index is 1.54. The molecule has 3 heterocycles. The molecule has 0 spiro atoms. The van der Waals surface area contributed by atoms with Gasteiger partial charge in [-0.2, -0.15) is 9.40 Å². The summed E-state index contributed by atoms with van der Waals surface area (Å²) in [5.41, 5.74) is 3.42. The quantitative estimate of drug-likeness (QED) is 0.874. The second-order valence-corrected chi connectivity index (χ2v) is 8.82. The molecule has 0 bridgehead atoms. The maximum absolute atomic E-state index is 12.9. The van der Waals surface area contributed by atoms with Crippen LogP contribution in [0.2, 0.25) is 0 Å². The van der Waals surface area contributed by atoms with Crippen molar-refractivity contribution in [2.75, 3.05) is 19.3 Å². The highest BCUT2D eigenvalue weighted by Gasteiger charge is 2.40. The summed E-state index contributed by atoms with van der Waals surface area (Å²) in [6.45, 7) is 1.64. The zero-order chi connectivity index (χ0) is 16.2. The molecule has 126 valence electrons. The Labute approximate surface area is 136 Å². The molecule has 0 aromatic carbocycles. The first-order chi connectivity index (χ1) is 10.9. The molecular formula is C15H22N4O3S. The van der Waals surface area contributed by atoms with Crippen LogP contribution in [-0.2, 0) is 27.8 Å². The van der Waals surface area contributed by atoms with Gasteiger partial charge in [-0.3, -0.25) is 9.89 Å². The van der Waals surface area contributed by atoms with Crippen LogP contribution in [-0.4, -0.2) is 59.1 Å². The lowest BCUT2D eigenvalue weighted by Crippen LogP contribution is -2.48. The van der Waals surface area contributed by atoms with Crippen molar-refractivity contribution in [1.82, 2.24) is 19.4 Å². The number of amides is 1. The van der Waals surface area contributed by atoms with Crippen LogP contribution in [0.25, 0.3) is 0 Å². The Kier molecular flexibility index (Phi) is 3.49. The van der Waals surface area contributed by atoms with Gasteiger partial charge in [-0.25, -0.2) is 8.42 Å². The average Bonchev–Trinajstić information content (AvgIpc) is 3.07. The molecular weight excluding hydrogens is 316 g/mol. The molecule has 2 fully saturated rings. The number of fused-ring (bicyclic) bond motifs is 1. The number of nitrogens with zero attached hydrogens (tertiary/aromatic N) is 3. The fourth-order valence-electron chi connectivity index (χ4n) is 3.79. The van der Waals surface area contributed by atoms with E-state index in [4.69, 9.17) is 0 Å². The zero-order valence-corrected chi connectivity index (χ0v) is 14.1. The molecule has 23 heavy (non-hydrogen) atoms. The molecule has 0 radical (unpaired) electrons. The van der Waals surface area contributed by atoms with E-state index in [9.17, 15) is 13.2 Å². The lowest BCUT2D eigenvalue weighted by Gasteiger charge is -2.32. The van der Waals surface area contributed by atoms with E-state index in [0.29, 0.717) is 32.0 Å². The van der Waals surface area contributed by atoms with Gasteiger partial charge in [-0.1, -0.05) is 0 Å². The second-order valence-electron chi connectivity index (χ2n) is 6.88. The topological polar surface area (TPSA) is 86.4 Å². The van der Waals surface area contributed by atoms with Crippen LogP contribution < -0.4 is 0 Å². The summed E-state index contributed by atoms with van der Waals surface area (Å²) in [6, 6.07) is -0.525. The van der Waals surface area contributed by atoms with E-state index in [1.807, 2.05) is 4.90 Å². The average molecular weight is 338 g/mol. The maximum atomic E-state index is 12.9. The lowest BCUT2D eigenvalue weighted by molar-refractivity contribution is -0.135. The first kappa shape index (κ1) is 15.1. The predicted octanol–water partition coefficient (Wildman–Crippen LogP) is 0.596. The summed E-state index contributed by atoms with van der Waals surface area (Å²) >= 11 is 0. The van der Waals surface area contributed by atoms with Crippen LogP contribution in [0.3, 0.4) is 0 Å². The standard InChI is InChI=1S/C15H22N4O3S/c1-23(21,22)19-7-2-3-13(19)15(20)18-8-6-12-11(9-18)14(17-16-12)10-4-5-10/h10,13H,2-9H2,1H3,(H,16,17)/t13-/m0/s1. The number of nitrogens with one attached hydrogen (secondary N) is 1. The zero-order valence-electron chi connectivity index (χ0n) is 13.3. The van der Waals surface area contributed by atoms with Gasteiger partial charge in [0.25, 0.3) is 0 Å². The molecule has 3 aliphatic rings. The molecule has 1 aromatic rings. The first-order valence-electron chi connectivity index (χ1n) is 8.27. The fourth-order valence-corrected chi connectivity index (χ4v) is 4.91. The summed E-state index contributed by atoms with van der Waals surface area (Å²) in [6.07, 6.45) is 5.68. The van der Waals surface area contributed by atoms with Crippen molar-refractivity contribution in [3.63, 3.8) is 0 Å². The highest BCUT2D eigenvalue weighted by atomic mass is 32.2. The van der Waals surface area contributed by atoms with Crippen molar-refractivity contribution < 1.29 is 13.2 Å². The monoisotopic (exact) mass is 338 g/mol. The molecule has 1 atom stereocenters. The van der Waals surface area contributed by atoms with Crippen molar-refractivity contribution in [2.45, 2.75) is 50.6 Å². The highest BCUT2D eigenvalue weighted by molar-refractivity contribution is 7.88. The molecule has 1 N–H and O–H groups in total. The van der Waals surface area contributed by atoms with E-state index < -0.39 is 16.1 Å². The van der Waals surface area contributed by atoms with Gasteiger partial charge in [0, 0.05) is 43.2 Å². The van der Waals surface area contributed by atoms with Gasteiger partial charge in [0.2, 0.25) is 15.9 Å². The van der Waals surface area contributed by atoms with Crippen LogP contribution in [0.15, 0.2) is 0 Å². The Morgan fingerprint density at radius 3 is 2.74 bits per heavy atom. The van der Waals surface area contributed by atoms with Crippen LogP contribution in [0.5, 0.6) is 0 Å². The molecule has 1 aromatic heterocycles. The fraction of sp³-hybridized carbons (Fsp3) is 0.733. The minimum atomic E-state index is -3.33. The van der Waals surface area contributed by atoms with Crippen LogP contribution in [0.1, 0.15) is 48.6 Å². The van der Waals surface area contributed by atoms with Crippen LogP contribution in [0.4, 0.5) is 0 Å². The van der Waals surface area contributed by atoms with Gasteiger partial charge in [0.05, 0.1) is 11.9 Å². The number of carbonyl (C=O) groups excluding carboxylic acids is 1. The molecule has 7 nitrogen and oxygen atoms in total. The number of hydrogen-bond acceptors (Lipinski definition) is 4. The van der Waals surface area contributed by atoms with Crippen LogP contribution in [0, 0.1) is 0 Å². The smallest absolute Gasteiger partial charge is 0.241 e. The lowest BCUT2D eigenvalue weighted by atomic mass is 10.0. The number of hydrogen-bond donors (Lipinski definition) is 1. The SMILES string of the molecule is CS(=O)(=O)N1CCC[C@H]1C(=O)N1CCc2[nH]nc(C3CC3)c2C1. The minimum Gasteiger partial charge on any atom is -0.336 e. The van der Waals surface area contributed by atoms with Gasteiger partial charge in [-0.15, -0.1) is 0 Å². The van der Waals surface area contributed by atoms with E-state index in [2.05, 4.69) is 10.2 Å². The van der Waals surface area contributed by atoms with Crippen molar-refractivity contribution in [2.24, 2.45) is 0 Å². The van der Waals surface area contributed by atoms with E-state index in [0.717, 1.165) is 29.8 Å². The molecule has 1 saturated heterocycles. The van der Waals surface area contributed by atoms with E-state index in [1.54, 1.807) is 0 Å². The Morgan fingerprint density at radius 1 is 1.26 bits per heavy atom. The normalized spacial score (nSPS) is 25.6. The summed E-state index contributed by atoms with van der Waals surface area (Å²) < 4.78 is 25.1. The van der Waals surface area contributed by atoms with E-state index in [1.165, 1.54) is 23.4 Å². The van der Waals surface area contributed by atoms with Crippen molar-refractivity contribution >= 4 is 15.9 Å². The molecule has 1 aliphatic carbocycles. The number of rotatable bonds is 3. The highest BCUT2D eigenvalue weighted by Crippen LogP contribution is 2.42. The molecule has 1 saturated carbocycles. The Bertz CT molecular complexity index is 738. The third-order valence-electron chi connectivity index (χ3n) is 5.16. The van der Waals surface area contributed by atoms with Gasteiger partial charge >= 0.3 is 0 Å². The number of H-pyrrole nitrogens is 1. The van der Waals surface area contributed by atoms with Crippen molar-refractivity contribution in [3.8, 4) is 0 Å². The first-order valence-corrected chi connectivity index (χ1v) is 10.1. The minimum absolute atomic E-state index is 0.0541. The maximum Gasteiger partial charge on any atom is 0.241 e. The van der Waals surface area contributed by atoms with Crippen LogP contribution >= 0.6 is 0 Å². The number of carbonyl (C=O) groups is 1. The molecule has 1 amide bonds. The predicted molar refractivity (Wildman–Crippen MR) is 84.3 cm³/mol. The van der Waals surface area contributed by atoms with Gasteiger partial charge in [0.15, 0.2) is 0 Å². The van der Waals surface area contributed by atoms with Crippen molar-refractivity contribution in [1.29, 1.82) is 0 Å². The number of aromatic nitrogens is 2. The largest absolute Gasteiger partial charge is 0.336 e. The summed E-state index contributed by atoms with van der Waals surface area (Å²) in [5.74, 6) is 0.491. The van der Waals surface area contributed by atoms with E-state index >= 15 is 0 Å². The summed E-state index contributed by atoms with van der Waals surface area (Å²) in [7, 11) is -3.33. The molecule has 4 rings (SSSR count). The molecule has 2 aliphatic heterocycles.